The Morgan fingerprint density at radius 3 is 3.08 bits per heavy atom. The third-order valence-electron chi connectivity index (χ3n) is 1.78. The van der Waals surface area contributed by atoms with E-state index in [0.29, 0.717) is 10.7 Å². The first kappa shape index (κ1) is 8.84. The topological polar surface area (TPSA) is 38.3 Å². The van der Waals surface area contributed by atoms with Gasteiger partial charge in [0.2, 0.25) is 0 Å². The molecule has 2 rings (SSSR count). The first-order valence-electron chi connectivity index (χ1n) is 3.59. The summed E-state index contributed by atoms with van der Waals surface area (Å²) in [6.45, 7) is 0.252. The standard InChI is InChI=1S/C8H5BrClNO2/c9-5-1-2-6(10)7-4(5)3-13-8(12)11-7/h1-2H,3H2,(H,11,12). The van der Waals surface area contributed by atoms with Crippen LogP contribution in [0.1, 0.15) is 5.56 Å². The molecule has 0 atom stereocenters. The molecule has 0 radical (unpaired) electrons. The molecular formula is C8H5BrClNO2. The molecule has 0 aromatic heterocycles. The van der Waals surface area contributed by atoms with E-state index in [9.17, 15) is 4.79 Å². The van der Waals surface area contributed by atoms with Crippen molar-refractivity contribution in [3.8, 4) is 0 Å². The van der Waals surface area contributed by atoms with Crippen LogP contribution >= 0.6 is 27.5 Å². The highest BCUT2D eigenvalue weighted by Gasteiger charge is 2.20. The third-order valence-corrected chi connectivity index (χ3v) is 2.84. The zero-order valence-electron chi connectivity index (χ0n) is 6.43. The van der Waals surface area contributed by atoms with Crippen molar-refractivity contribution in [2.45, 2.75) is 6.61 Å². The number of carbonyl (C=O) groups is 1. The molecule has 1 amide bonds. The Balaban J connectivity index is 2.57. The zero-order valence-corrected chi connectivity index (χ0v) is 8.78. The minimum Gasteiger partial charge on any atom is -0.444 e. The van der Waals surface area contributed by atoms with Gasteiger partial charge in [0.05, 0.1) is 10.7 Å². The summed E-state index contributed by atoms with van der Waals surface area (Å²) in [4.78, 5) is 10.9. The summed E-state index contributed by atoms with van der Waals surface area (Å²) in [5.41, 5.74) is 1.50. The number of hydrogen-bond donors (Lipinski definition) is 1. The largest absolute Gasteiger partial charge is 0.444 e. The Hall–Kier alpha value is -0.740. The van der Waals surface area contributed by atoms with Crippen LogP contribution in [0.15, 0.2) is 16.6 Å². The van der Waals surface area contributed by atoms with E-state index < -0.39 is 6.09 Å². The summed E-state index contributed by atoms with van der Waals surface area (Å²) in [6, 6.07) is 3.54. The quantitative estimate of drug-likeness (QED) is 0.780. The summed E-state index contributed by atoms with van der Waals surface area (Å²) < 4.78 is 5.68. The van der Waals surface area contributed by atoms with Crippen LogP contribution in [-0.2, 0) is 11.3 Å². The van der Waals surface area contributed by atoms with Gasteiger partial charge in [0.15, 0.2) is 0 Å². The molecule has 3 nitrogen and oxygen atoms in total. The fourth-order valence-electron chi connectivity index (χ4n) is 1.15. The first-order valence-corrected chi connectivity index (χ1v) is 4.76. The predicted molar refractivity (Wildman–Crippen MR) is 53.0 cm³/mol. The molecule has 0 spiro atoms. The average molecular weight is 262 g/mol. The molecular weight excluding hydrogens is 257 g/mol. The van der Waals surface area contributed by atoms with Crippen molar-refractivity contribution < 1.29 is 9.53 Å². The zero-order chi connectivity index (χ0) is 9.42. The molecule has 0 saturated heterocycles. The smallest absolute Gasteiger partial charge is 0.412 e. The van der Waals surface area contributed by atoms with E-state index in [1.54, 1.807) is 6.07 Å². The van der Waals surface area contributed by atoms with Crippen molar-refractivity contribution in [1.82, 2.24) is 0 Å². The lowest BCUT2D eigenvalue weighted by Gasteiger charge is -2.19. The molecule has 1 aliphatic rings. The van der Waals surface area contributed by atoms with Gasteiger partial charge in [-0.2, -0.15) is 0 Å². The second kappa shape index (κ2) is 3.20. The molecule has 5 heteroatoms. The molecule has 13 heavy (non-hydrogen) atoms. The highest BCUT2D eigenvalue weighted by atomic mass is 79.9. The van der Waals surface area contributed by atoms with E-state index in [2.05, 4.69) is 21.2 Å². The fourth-order valence-corrected chi connectivity index (χ4v) is 1.82. The predicted octanol–water partition coefficient (Wildman–Crippen LogP) is 3.16. The maximum absolute atomic E-state index is 10.9. The third kappa shape index (κ3) is 1.51. The number of amides is 1. The van der Waals surface area contributed by atoms with Crippen molar-refractivity contribution in [3.63, 3.8) is 0 Å². The average Bonchev–Trinajstić information content (AvgIpc) is 2.12. The highest BCUT2D eigenvalue weighted by molar-refractivity contribution is 9.10. The van der Waals surface area contributed by atoms with Crippen molar-refractivity contribution in [2.24, 2.45) is 0 Å². The summed E-state index contributed by atoms with van der Waals surface area (Å²) >= 11 is 9.23. The molecule has 1 aliphatic heterocycles. The van der Waals surface area contributed by atoms with E-state index in [0.717, 1.165) is 10.0 Å². The van der Waals surface area contributed by atoms with Crippen LogP contribution in [-0.4, -0.2) is 6.09 Å². The van der Waals surface area contributed by atoms with E-state index in [-0.39, 0.29) is 6.61 Å². The number of benzene rings is 1. The molecule has 1 aromatic rings. The van der Waals surface area contributed by atoms with Gasteiger partial charge in [-0.25, -0.2) is 4.79 Å². The first-order chi connectivity index (χ1) is 6.18. The molecule has 68 valence electrons. The van der Waals surface area contributed by atoms with Crippen LogP contribution in [0, 0.1) is 0 Å². The van der Waals surface area contributed by atoms with Crippen molar-refractivity contribution >= 4 is 39.3 Å². The van der Waals surface area contributed by atoms with Crippen LogP contribution in [0.4, 0.5) is 10.5 Å². The van der Waals surface area contributed by atoms with Crippen LogP contribution < -0.4 is 5.32 Å². The molecule has 0 saturated carbocycles. The summed E-state index contributed by atoms with van der Waals surface area (Å²) in [7, 11) is 0. The van der Waals surface area contributed by atoms with E-state index in [1.165, 1.54) is 0 Å². The number of rotatable bonds is 0. The summed E-state index contributed by atoms with van der Waals surface area (Å²) in [6.07, 6.45) is -0.465. The number of ether oxygens (including phenoxy) is 1. The fraction of sp³-hybridized carbons (Fsp3) is 0.125. The van der Waals surface area contributed by atoms with Crippen molar-refractivity contribution in [3.05, 3.63) is 27.2 Å². The van der Waals surface area contributed by atoms with Crippen LogP contribution in [0.2, 0.25) is 5.02 Å². The lowest BCUT2D eigenvalue weighted by molar-refractivity contribution is 0.151. The van der Waals surface area contributed by atoms with Gasteiger partial charge in [-0.15, -0.1) is 0 Å². The molecule has 0 bridgehead atoms. The SMILES string of the molecule is O=C1Nc2c(Cl)ccc(Br)c2CO1. The van der Waals surface area contributed by atoms with Gasteiger partial charge in [-0.3, -0.25) is 5.32 Å². The lowest BCUT2D eigenvalue weighted by Crippen LogP contribution is -2.20. The van der Waals surface area contributed by atoms with Gasteiger partial charge < -0.3 is 4.74 Å². The van der Waals surface area contributed by atoms with Gasteiger partial charge in [-0.1, -0.05) is 27.5 Å². The highest BCUT2D eigenvalue weighted by Crippen LogP contribution is 2.34. The van der Waals surface area contributed by atoms with E-state index >= 15 is 0 Å². The number of anilines is 1. The Morgan fingerprint density at radius 1 is 1.54 bits per heavy atom. The molecule has 0 aliphatic carbocycles. The maximum atomic E-state index is 10.9. The molecule has 1 aromatic carbocycles. The van der Waals surface area contributed by atoms with Gasteiger partial charge >= 0.3 is 6.09 Å². The summed E-state index contributed by atoms with van der Waals surface area (Å²) in [5, 5.41) is 3.07. The number of cyclic esters (lactones) is 1. The maximum Gasteiger partial charge on any atom is 0.412 e. The minimum absolute atomic E-state index is 0.252. The number of halogens is 2. The summed E-state index contributed by atoms with van der Waals surface area (Å²) in [5.74, 6) is 0. The number of hydrogen-bond acceptors (Lipinski definition) is 2. The van der Waals surface area contributed by atoms with Crippen LogP contribution in [0.25, 0.3) is 0 Å². The Bertz CT molecular complexity index is 381. The van der Waals surface area contributed by atoms with Gasteiger partial charge in [0.1, 0.15) is 6.61 Å². The minimum atomic E-state index is -0.465. The molecule has 0 fully saturated rings. The van der Waals surface area contributed by atoms with Crippen LogP contribution in [0.5, 0.6) is 0 Å². The van der Waals surface area contributed by atoms with Crippen molar-refractivity contribution in [2.75, 3.05) is 5.32 Å². The second-order valence-corrected chi connectivity index (χ2v) is 3.85. The lowest BCUT2D eigenvalue weighted by atomic mass is 10.2. The second-order valence-electron chi connectivity index (χ2n) is 2.58. The van der Waals surface area contributed by atoms with E-state index in [1.807, 2.05) is 6.07 Å². The number of nitrogens with one attached hydrogen (secondary N) is 1. The Kier molecular flexibility index (Phi) is 2.17. The molecule has 0 unspecified atom stereocenters. The normalized spacial score (nSPS) is 14.5. The molecule has 1 heterocycles. The number of carbonyl (C=O) groups excluding carboxylic acids is 1. The van der Waals surface area contributed by atoms with Gasteiger partial charge in [0.25, 0.3) is 0 Å². The Morgan fingerprint density at radius 2 is 2.31 bits per heavy atom. The Labute approximate surface area is 88.2 Å². The van der Waals surface area contributed by atoms with Gasteiger partial charge in [0, 0.05) is 10.0 Å². The van der Waals surface area contributed by atoms with Crippen LogP contribution in [0.3, 0.4) is 0 Å². The van der Waals surface area contributed by atoms with E-state index in [4.69, 9.17) is 16.3 Å². The van der Waals surface area contributed by atoms with Crippen molar-refractivity contribution in [1.29, 1.82) is 0 Å². The monoisotopic (exact) mass is 261 g/mol. The van der Waals surface area contributed by atoms with Gasteiger partial charge in [-0.05, 0) is 12.1 Å². The number of fused-ring (bicyclic) bond motifs is 1. The molecule has 1 N–H and O–H groups in total.